The largest absolute Gasteiger partial charge is 0.479 e. The quantitative estimate of drug-likeness (QED) is 0.339. The number of amides is 1. The Kier molecular flexibility index (Phi) is 10.8. The molecule has 2 unspecified atom stereocenters. The Morgan fingerprint density at radius 3 is 1.76 bits per heavy atom. The minimum Gasteiger partial charge on any atom is -0.479 e. The van der Waals surface area contributed by atoms with Crippen LogP contribution in [0.2, 0.25) is 0 Å². The molecule has 1 aromatic heterocycles. The standard InChI is InChI=1S/C23H31N3O2.C4H6O6/c24-16-17-11-13-18(14-12-17)22-15-21(25-28-22)23(27)26(19-7-3-1-4-8-19)20-9-5-2-6-10-20;5-1(3(7)8)2(6)4(9)10/h11-15,19-20H,1-10,16,24H2;1-2,5-6H,(H,7,8)(H,9,10). The van der Waals surface area contributed by atoms with Gasteiger partial charge in [0.1, 0.15) is 0 Å². The molecule has 2 atom stereocenters. The van der Waals surface area contributed by atoms with Crippen molar-refractivity contribution in [3.05, 3.63) is 41.6 Å². The average Bonchev–Trinajstić information content (AvgIpc) is 3.44. The van der Waals surface area contributed by atoms with E-state index in [-0.39, 0.29) is 5.91 Å². The van der Waals surface area contributed by atoms with Crippen molar-refractivity contribution < 1.29 is 39.3 Å². The number of hydrogen-bond acceptors (Lipinski definition) is 8. The van der Waals surface area contributed by atoms with Crippen molar-refractivity contribution in [2.24, 2.45) is 5.73 Å². The lowest BCUT2D eigenvalue weighted by atomic mass is 9.88. The van der Waals surface area contributed by atoms with E-state index in [9.17, 15) is 14.4 Å². The lowest BCUT2D eigenvalue weighted by molar-refractivity contribution is -0.165. The van der Waals surface area contributed by atoms with Gasteiger partial charge < -0.3 is 35.6 Å². The van der Waals surface area contributed by atoms with E-state index in [0.717, 1.165) is 36.8 Å². The van der Waals surface area contributed by atoms with Gasteiger partial charge >= 0.3 is 11.9 Å². The van der Waals surface area contributed by atoms with E-state index in [2.05, 4.69) is 10.1 Å². The van der Waals surface area contributed by atoms with Gasteiger partial charge in [0.2, 0.25) is 0 Å². The number of aromatic nitrogens is 1. The SMILES string of the molecule is NCc1ccc(-c2cc(C(=O)N(C3CCCCC3)C3CCCCC3)no2)cc1.O=C(O)C(O)C(O)C(=O)O. The van der Waals surface area contributed by atoms with E-state index in [4.69, 9.17) is 30.7 Å². The van der Waals surface area contributed by atoms with Gasteiger partial charge in [0.25, 0.3) is 5.91 Å². The second-order valence-corrected chi connectivity index (χ2v) is 9.84. The van der Waals surface area contributed by atoms with Gasteiger partial charge in [-0.2, -0.15) is 0 Å². The summed E-state index contributed by atoms with van der Waals surface area (Å²) in [4.78, 5) is 35.2. The fourth-order valence-electron chi connectivity index (χ4n) is 5.07. The molecule has 38 heavy (non-hydrogen) atoms. The van der Waals surface area contributed by atoms with Crippen LogP contribution in [0.1, 0.15) is 80.3 Å². The van der Waals surface area contributed by atoms with E-state index < -0.39 is 24.1 Å². The van der Waals surface area contributed by atoms with Crippen LogP contribution in [0.5, 0.6) is 0 Å². The molecular weight excluding hydrogens is 494 g/mol. The molecule has 2 aliphatic carbocycles. The molecular formula is C27H37N3O8. The van der Waals surface area contributed by atoms with Crippen molar-refractivity contribution >= 4 is 17.8 Å². The molecule has 208 valence electrons. The van der Waals surface area contributed by atoms with Crippen LogP contribution in [0.15, 0.2) is 34.9 Å². The lowest BCUT2D eigenvalue weighted by Crippen LogP contribution is -2.48. The number of carbonyl (C=O) groups excluding carboxylic acids is 1. The van der Waals surface area contributed by atoms with E-state index in [1.807, 2.05) is 24.3 Å². The summed E-state index contributed by atoms with van der Waals surface area (Å²) in [5.41, 5.74) is 8.10. The van der Waals surface area contributed by atoms with Gasteiger partial charge in [0.05, 0.1) is 0 Å². The zero-order valence-electron chi connectivity index (χ0n) is 21.4. The second kappa shape index (κ2) is 14.0. The number of benzene rings is 1. The van der Waals surface area contributed by atoms with Crippen molar-refractivity contribution in [2.75, 3.05) is 0 Å². The minimum absolute atomic E-state index is 0.0485. The van der Waals surface area contributed by atoms with Crippen LogP contribution in [-0.2, 0) is 16.1 Å². The molecule has 11 nitrogen and oxygen atoms in total. The molecule has 11 heteroatoms. The van der Waals surface area contributed by atoms with Crippen LogP contribution in [0.4, 0.5) is 0 Å². The van der Waals surface area contributed by atoms with Crippen molar-refractivity contribution in [3.63, 3.8) is 0 Å². The summed E-state index contributed by atoms with van der Waals surface area (Å²) in [5, 5.41) is 36.7. The fraction of sp³-hybridized carbons (Fsp3) is 0.556. The number of aliphatic hydroxyl groups is 2. The van der Waals surface area contributed by atoms with Gasteiger partial charge in [-0.3, -0.25) is 4.79 Å². The van der Waals surface area contributed by atoms with Gasteiger partial charge in [0.15, 0.2) is 23.7 Å². The molecule has 2 aliphatic rings. The fourth-order valence-corrected chi connectivity index (χ4v) is 5.07. The number of aliphatic hydroxyl groups excluding tert-OH is 2. The predicted molar refractivity (Wildman–Crippen MR) is 137 cm³/mol. The van der Waals surface area contributed by atoms with Crippen LogP contribution < -0.4 is 5.73 Å². The van der Waals surface area contributed by atoms with Gasteiger partial charge in [0, 0.05) is 30.3 Å². The summed E-state index contributed by atoms with van der Waals surface area (Å²) >= 11 is 0. The highest BCUT2D eigenvalue weighted by Crippen LogP contribution is 2.32. The molecule has 4 rings (SSSR count). The third-order valence-corrected chi connectivity index (χ3v) is 7.18. The highest BCUT2D eigenvalue weighted by molar-refractivity contribution is 5.93. The highest BCUT2D eigenvalue weighted by atomic mass is 16.5. The van der Waals surface area contributed by atoms with Crippen LogP contribution in [0, 0.1) is 0 Å². The minimum atomic E-state index is -2.27. The molecule has 0 aliphatic heterocycles. The third-order valence-electron chi connectivity index (χ3n) is 7.18. The molecule has 2 aromatic rings. The van der Waals surface area contributed by atoms with Crippen molar-refractivity contribution in [1.29, 1.82) is 0 Å². The molecule has 2 fully saturated rings. The van der Waals surface area contributed by atoms with E-state index in [0.29, 0.717) is 30.1 Å². The van der Waals surface area contributed by atoms with Gasteiger partial charge in [-0.1, -0.05) is 67.9 Å². The Bertz CT molecular complexity index is 1020. The first-order valence-electron chi connectivity index (χ1n) is 13.1. The molecule has 1 amide bonds. The molecule has 1 heterocycles. The van der Waals surface area contributed by atoms with Crippen LogP contribution >= 0.6 is 0 Å². The Balaban J connectivity index is 0.000000342. The predicted octanol–water partition coefficient (Wildman–Crippen LogP) is 2.79. The maximum atomic E-state index is 13.5. The number of carbonyl (C=O) groups is 3. The number of nitrogens with zero attached hydrogens (tertiary/aromatic N) is 2. The van der Waals surface area contributed by atoms with Crippen LogP contribution in [-0.4, -0.2) is 72.6 Å². The normalized spacial score (nSPS) is 18.1. The summed E-state index contributed by atoms with van der Waals surface area (Å²) < 4.78 is 5.54. The summed E-state index contributed by atoms with van der Waals surface area (Å²) in [5.74, 6) is -2.85. The molecule has 0 saturated heterocycles. The van der Waals surface area contributed by atoms with Crippen molar-refractivity contribution in [3.8, 4) is 11.3 Å². The Morgan fingerprint density at radius 1 is 0.868 bits per heavy atom. The summed E-state index contributed by atoms with van der Waals surface area (Å²) in [6.45, 7) is 0.512. The number of nitrogens with two attached hydrogens (primary N) is 1. The average molecular weight is 532 g/mol. The smallest absolute Gasteiger partial charge is 0.335 e. The van der Waals surface area contributed by atoms with E-state index in [1.54, 1.807) is 6.07 Å². The first-order valence-corrected chi connectivity index (χ1v) is 13.1. The lowest BCUT2D eigenvalue weighted by Gasteiger charge is -2.41. The number of carboxylic acid groups (broad SMARTS) is 2. The zero-order valence-corrected chi connectivity index (χ0v) is 21.4. The molecule has 2 saturated carbocycles. The first kappa shape index (κ1) is 29.3. The maximum absolute atomic E-state index is 13.5. The topological polar surface area (TPSA) is 187 Å². The van der Waals surface area contributed by atoms with E-state index in [1.165, 1.54) is 38.5 Å². The molecule has 0 spiro atoms. The monoisotopic (exact) mass is 531 g/mol. The number of aliphatic carboxylic acids is 2. The number of hydrogen-bond donors (Lipinski definition) is 5. The summed E-state index contributed by atoms with van der Waals surface area (Å²) in [6, 6.07) is 10.4. The second-order valence-electron chi connectivity index (χ2n) is 9.84. The Hall–Kier alpha value is -3.28. The Labute approximate surface area is 221 Å². The summed E-state index contributed by atoms with van der Waals surface area (Å²) in [7, 11) is 0. The molecule has 6 N–H and O–H groups in total. The molecule has 0 radical (unpaired) electrons. The van der Waals surface area contributed by atoms with Gasteiger partial charge in [-0.15, -0.1) is 0 Å². The summed E-state index contributed by atoms with van der Waals surface area (Å²) in [6.07, 6.45) is 7.40. The molecule has 0 bridgehead atoms. The first-order chi connectivity index (χ1) is 18.2. The van der Waals surface area contributed by atoms with Crippen molar-refractivity contribution in [2.45, 2.75) is 95.0 Å². The number of carboxylic acids is 2. The maximum Gasteiger partial charge on any atom is 0.335 e. The van der Waals surface area contributed by atoms with Crippen molar-refractivity contribution in [1.82, 2.24) is 10.1 Å². The van der Waals surface area contributed by atoms with Gasteiger partial charge in [-0.05, 0) is 31.2 Å². The van der Waals surface area contributed by atoms with E-state index >= 15 is 0 Å². The van der Waals surface area contributed by atoms with Gasteiger partial charge in [-0.25, -0.2) is 9.59 Å². The third kappa shape index (κ3) is 7.62. The highest BCUT2D eigenvalue weighted by Gasteiger charge is 2.34. The van der Waals surface area contributed by atoms with Crippen LogP contribution in [0.3, 0.4) is 0 Å². The number of rotatable bonds is 8. The molecule has 1 aromatic carbocycles. The Morgan fingerprint density at radius 2 is 1.34 bits per heavy atom. The van der Waals surface area contributed by atoms with Crippen LogP contribution in [0.25, 0.3) is 11.3 Å². The zero-order chi connectivity index (χ0) is 27.7.